The number of anilines is 1. The molecule has 2 aromatic rings. The third-order valence-corrected chi connectivity index (χ3v) is 3.83. The highest BCUT2D eigenvalue weighted by Crippen LogP contribution is 2.18. The van der Waals surface area contributed by atoms with E-state index >= 15 is 0 Å². The molecule has 2 N–H and O–H groups in total. The Morgan fingerprint density at radius 3 is 2.86 bits per heavy atom. The Morgan fingerprint density at radius 1 is 1.38 bits per heavy atom. The Morgan fingerprint density at radius 2 is 2.19 bits per heavy atom. The molecule has 0 radical (unpaired) electrons. The van der Waals surface area contributed by atoms with E-state index in [1.807, 2.05) is 5.38 Å². The van der Waals surface area contributed by atoms with Gasteiger partial charge in [-0.15, -0.1) is 11.3 Å². The summed E-state index contributed by atoms with van der Waals surface area (Å²) in [4.78, 5) is 30.6. The minimum atomic E-state index is -0.819. The molecule has 21 heavy (non-hydrogen) atoms. The number of carboxylic acid groups (broad SMARTS) is 1. The number of hydrogen-bond acceptors (Lipinski definition) is 5. The van der Waals surface area contributed by atoms with Crippen molar-refractivity contribution in [2.75, 3.05) is 5.32 Å². The number of amides is 1. The molecule has 0 aliphatic carbocycles. The van der Waals surface area contributed by atoms with Gasteiger partial charge in [0.05, 0.1) is 5.69 Å². The summed E-state index contributed by atoms with van der Waals surface area (Å²) in [5, 5.41) is 13.5. The van der Waals surface area contributed by atoms with Crippen LogP contribution in [0.4, 0.5) is 5.13 Å². The van der Waals surface area contributed by atoms with Crippen LogP contribution >= 0.6 is 27.3 Å². The number of rotatable bonds is 6. The zero-order valence-corrected chi connectivity index (χ0v) is 13.3. The first-order valence-corrected chi connectivity index (χ1v) is 7.81. The molecule has 2 heterocycles. The van der Waals surface area contributed by atoms with Crippen LogP contribution in [0.2, 0.25) is 0 Å². The van der Waals surface area contributed by atoms with Crippen LogP contribution in [0.3, 0.4) is 0 Å². The number of nitrogens with zero attached hydrogens (tertiary/aromatic N) is 2. The summed E-state index contributed by atoms with van der Waals surface area (Å²) in [6.45, 7) is 0. The molecular formula is C13H12BrN3O3S. The van der Waals surface area contributed by atoms with Gasteiger partial charge in [0.1, 0.15) is 5.69 Å². The quantitative estimate of drug-likeness (QED) is 0.816. The van der Waals surface area contributed by atoms with Gasteiger partial charge < -0.3 is 5.11 Å². The number of halogens is 1. The van der Waals surface area contributed by atoms with Gasteiger partial charge in [0.2, 0.25) is 0 Å². The monoisotopic (exact) mass is 369 g/mol. The second kappa shape index (κ2) is 7.28. The molecule has 2 rings (SSSR count). The lowest BCUT2D eigenvalue weighted by atomic mass is 10.2. The maximum absolute atomic E-state index is 11.9. The van der Waals surface area contributed by atoms with Crippen molar-refractivity contribution in [2.45, 2.75) is 19.3 Å². The topological polar surface area (TPSA) is 92.2 Å². The first-order chi connectivity index (χ1) is 10.0. The molecule has 6 nitrogen and oxygen atoms in total. The lowest BCUT2D eigenvalue weighted by Gasteiger charge is -2.00. The van der Waals surface area contributed by atoms with Crippen LogP contribution < -0.4 is 5.32 Å². The molecule has 8 heteroatoms. The highest BCUT2D eigenvalue weighted by molar-refractivity contribution is 9.10. The second-order valence-electron chi connectivity index (χ2n) is 4.21. The zero-order chi connectivity index (χ0) is 15.2. The SMILES string of the molecule is O=C(O)CCCc1csc(NC(=O)c2ccc(Br)cn2)n1. The molecular weight excluding hydrogens is 358 g/mol. The molecule has 0 atom stereocenters. The number of thiazole rings is 1. The van der Waals surface area contributed by atoms with E-state index in [1.165, 1.54) is 11.3 Å². The molecule has 0 aromatic carbocycles. The van der Waals surface area contributed by atoms with Crippen LogP contribution in [0.25, 0.3) is 0 Å². The van der Waals surface area contributed by atoms with Gasteiger partial charge in [-0.2, -0.15) is 0 Å². The number of carbonyl (C=O) groups excluding carboxylic acids is 1. The summed E-state index contributed by atoms with van der Waals surface area (Å²) in [6, 6.07) is 3.35. The largest absolute Gasteiger partial charge is 0.481 e. The maximum atomic E-state index is 11.9. The number of carbonyl (C=O) groups is 2. The van der Waals surface area contributed by atoms with Gasteiger partial charge in [0.25, 0.3) is 5.91 Å². The fraction of sp³-hybridized carbons (Fsp3) is 0.231. The van der Waals surface area contributed by atoms with Gasteiger partial charge in [-0.1, -0.05) is 0 Å². The number of carboxylic acids is 1. The predicted molar refractivity (Wildman–Crippen MR) is 82.6 cm³/mol. The van der Waals surface area contributed by atoms with Gasteiger partial charge >= 0.3 is 5.97 Å². The zero-order valence-electron chi connectivity index (χ0n) is 10.9. The fourth-order valence-electron chi connectivity index (χ4n) is 1.57. The summed E-state index contributed by atoms with van der Waals surface area (Å²) in [5.41, 5.74) is 1.08. The molecule has 0 bridgehead atoms. The van der Waals surface area contributed by atoms with Crippen molar-refractivity contribution >= 4 is 44.3 Å². The van der Waals surface area contributed by atoms with E-state index in [9.17, 15) is 9.59 Å². The van der Waals surface area contributed by atoms with Crippen LogP contribution in [0.15, 0.2) is 28.2 Å². The first kappa shape index (κ1) is 15.6. The smallest absolute Gasteiger partial charge is 0.303 e. The summed E-state index contributed by atoms with van der Waals surface area (Å²) >= 11 is 4.56. The molecule has 0 unspecified atom stereocenters. The van der Waals surface area contributed by atoms with Crippen molar-refractivity contribution in [3.05, 3.63) is 39.6 Å². The summed E-state index contributed by atoms with van der Waals surface area (Å²) in [5.74, 6) is -1.14. The van der Waals surface area contributed by atoms with Gasteiger partial charge in [-0.3, -0.25) is 14.9 Å². The molecule has 1 amide bonds. The molecule has 0 aliphatic rings. The minimum absolute atomic E-state index is 0.113. The molecule has 0 saturated carbocycles. The Labute approximate surface area is 133 Å². The van der Waals surface area contributed by atoms with Crippen molar-refractivity contribution < 1.29 is 14.7 Å². The highest BCUT2D eigenvalue weighted by Gasteiger charge is 2.10. The second-order valence-corrected chi connectivity index (χ2v) is 5.98. The van der Waals surface area contributed by atoms with Gasteiger partial charge in [0, 0.05) is 22.5 Å². The van der Waals surface area contributed by atoms with Crippen molar-refractivity contribution in [1.82, 2.24) is 9.97 Å². The first-order valence-electron chi connectivity index (χ1n) is 6.13. The van der Waals surface area contributed by atoms with Crippen molar-refractivity contribution in [3.8, 4) is 0 Å². The maximum Gasteiger partial charge on any atom is 0.303 e. The van der Waals surface area contributed by atoms with Crippen LogP contribution in [0.1, 0.15) is 29.0 Å². The van der Waals surface area contributed by atoms with E-state index in [0.29, 0.717) is 23.7 Å². The number of hydrogen-bond donors (Lipinski definition) is 2. The van der Waals surface area contributed by atoms with E-state index in [2.05, 4.69) is 31.2 Å². The van der Waals surface area contributed by atoms with E-state index in [1.54, 1.807) is 18.3 Å². The highest BCUT2D eigenvalue weighted by atomic mass is 79.9. The van der Waals surface area contributed by atoms with Gasteiger partial charge in [-0.25, -0.2) is 9.97 Å². The minimum Gasteiger partial charge on any atom is -0.481 e. The summed E-state index contributed by atoms with van der Waals surface area (Å²) in [7, 11) is 0. The lowest BCUT2D eigenvalue weighted by molar-refractivity contribution is -0.137. The molecule has 0 saturated heterocycles. The van der Waals surface area contributed by atoms with Gasteiger partial charge in [0.15, 0.2) is 5.13 Å². The molecule has 0 spiro atoms. The Balaban J connectivity index is 1.91. The number of pyridine rings is 1. The number of aromatic nitrogens is 2. The van der Waals surface area contributed by atoms with Crippen molar-refractivity contribution in [2.24, 2.45) is 0 Å². The number of nitrogens with one attached hydrogen (secondary N) is 1. The Kier molecular flexibility index (Phi) is 5.40. The fourth-order valence-corrected chi connectivity index (χ4v) is 2.55. The molecule has 2 aromatic heterocycles. The third kappa shape index (κ3) is 4.91. The number of aliphatic carboxylic acids is 1. The normalized spacial score (nSPS) is 10.3. The lowest BCUT2D eigenvalue weighted by Crippen LogP contribution is -2.13. The Hall–Kier alpha value is -1.80. The third-order valence-electron chi connectivity index (χ3n) is 2.56. The number of aryl methyl sites for hydroxylation is 1. The van der Waals surface area contributed by atoms with E-state index in [4.69, 9.17) is 5.11 Å². The van der Waals surface area contributed by atoms with Crippen molar-refractivity contribution in [3.63, 3.8) is 0 Å². The average molecular weight is 370 g/mol. The van der Waals surface area contributed by atoms with Crippen molar-refractivity contribution in [1.29, 1.82) is 0 Å². The van der Waals surface area contributed by atoms with E-state index < -0.39 is 5.97 Å². The molecule has 110 valence electrons. The van der Waals surface area contributed by atoms with Crippen LogP contribution in [-0.2, 0) is 11.2 Å². The molecule has 0 fully saturated rings. The van der Waals surface area contributed by atoms with Gasteiger partial charge in [-0.05, 0) is 40.9 Å². The van der Waals surface area contributed by atoms with Crippen LogP contribution in [-0.4, -0.2) is 27.0 Å². The summed E-state index contributed by atoms with van der Waals surface area (Å²) in [6.07, 6.45) is 2.77. The van der Waals surface area contributed by atoms with E-state index in [0.717, 1.165) is 10.2 Å². The van der Waals surface area contributed by atoms with Crippen LogP contribution in [0, 0.1) is 0 Å². The Bertz CT molecular complexity index is 642. The van der Waals surface area contributed by atoms with Crippen LogP contribution in [0.5, 0.6) is 0 Å². The standard InChI is InChI=1S/C13H12BrN3O3S/c14-8-4-5-10(15-6-8)12(20)17-13-16-9(7-21-13)2-1-3-11(18)19/h4-7H,1-3H2,(H,18,19)(H,16,17,20). The van der Waals surface area contributed by atoms with E-state index in [-0.39, 0.29) is 12.3 Å². The predicted octanol–water partition coefficient (Wildman–Crippen LogP) is 2.96. The molecule has 0 aliphatic heterocycles. The summed E-state index contributed by atoms with van der Waals surface area (Å²) < 4.78 is 0.800. The average Bonchev–Trinajstić information content (AvgIpc) is 2.86.